The molecular weight excluding hydrogens is 412 g/mol. The third-order valence-electron chi connectivity index (χ3n) is 4.17. The molecule has 0 amide bonds. The van der Waals surface area contributed by atoms with Crippen molar-refractivity contribution in [1.29, 1.82) is 0 Å². The van der Waals surface area contributed by atoms with E-state index in [0.29, 0.717) is 21.4 Å². The van der Waals surface area contributed by atoms with Gasteiger partial charge < -0.3 is 4.90 Å². The molecule has 0 aromatic heterocycles. The number of nitrogens with zero attached hydrogens (tertiary/aromatic N) is 2. The Morgan fingerprint density at radius 3 is 2.33 bits per heavy atom. The zero-order valence-electron chi connectivity index (χ0n) is 14.7. The van der Waals surface area contributed by atoms with Crippen molar-refractivity contribution in [3.8, 4) is 0 Å². The molecule has 0 atom stereocenters. The highest BCUT2D eigenvalue weighted by molar-refractivity contribution is 7.89. The highest BCUT2D eigenvalue weighted by Gasteiger charge is 2.41. The van der Waals surface area contributed by atoms with Gasteiger partial charge in [0.25, 0.3) is 0 Å². The van der Waals surface area contributed by atoms with Crippen molar-refractivity contribution in [3.05, 3.63) is 57.6 Å². The number of halogens is 3. The minimum Gasteiger partial charge on any atom is -0.349 e. The van der Waals surface area contributed by atoms with Crippen LogP contribution in [-0.4, -0.2) is 37.9 Å². The van der Waals surface area contributed by atoms with E-state index in [9.17, 15) is 12.8 Å². The van der Waals surface area contributed by atoms with Crippen LogP contribution in [0.15, 0.2) is 46.3 Å². The first-order chi connectivity index (χ1) is 12.5. The second-order valence-electron chi connectivity index (χ2n) is 6.82. The van der Waals surface area contributed by atoms with Gasteiger partial charge in [-0.05, 0) is 43.7 Å². The molecule has 0 saturated carbocycles. The number of sulfonamides is 1. The van der Waals surface area contributed by atoms with Crippen LogP contribution in [0.5, 0.6) is 0 Å². The molecule has 1 fully saturated rings. The minimum absolute atomic E-state index is 0.0872. The number of aliphatic imine (C=N–C) groups is 1. The van der Waals surface area contributed by atoms with Gasteiger partial charge in [0.2, 0.25) is 10.0 Å². The van der Waals surface area contributed by atoms with Gasteiger partial charge in [-0.15, -0.1) is 0 Å². The second-order valence-corrected chi connectivity index (χ2v) is 9.16. The lowest BCUT2D eigenvalue weighted by Crippen LogP contribution is -2.59. The summed E-state index contributed by atoms with van der Waals surface area (Å²) in [4.78, 5) is 6.05. The van der Waals surface area contributed by atoms with Crippen LogP contribution in [0.25, 0.3) is 0 Å². The fourth-order valence-electron chi connectivity index (χ4n) is 2.97. The summed E-state index contributed by atoms with van der Waals surface area (Å²) in [5.74, 6) is 0.302. The first-order valence-corrected chi connectivity index (χ1v) is 10.4. The van der Waals surface area contributed by atoms with Gasteiger partial charge in [-0.2, -0.15) is 0 Å². The number of aryl methyl sites for hydroxylation is 1. The van der Waals surface area contributed by atoms with E-state index in [4.69, 9.17) is 28.3 Å². The summed E-state index contributed by atoms with van der Waals surface area (Å²) in [5.41, 5.74) is -0.0111. The monoisotopic (exact) mass is 429 g/mol. The van der Waals surface area contributed by atoms with Crippen LogP contribution in [0.3, 0.4) is 0 Å². The maximum Gasteiger partial charge on any atom is 0.240 e. The van der Waals surface area contributed by atoms with Crippen molar-refractivity contribution in [2.75, 3.05) is 13.1 Å². The summed E-state index contributed by atoms with van der Waals surface area (Å²) in [5, 5.41) is 5.99. The van der Waals surface area contributed by atoms with E-state index < -0.39 is 15.7 Å². The Morgan fingerprint density at radius 2 is 1.81 bits per heavy atom. The van der Waals surface area contributed by atoms with E-state index in [1.165, 1.54) is 13.0 Å². The van der Waals surface area contributed by atoms with Crippen LogP contribution in [-0.2, 0) is 10.0 Å². The molecule has 144 valence electrons. The number of alkyl halides is 1. The van der Waals surface area contributed by atoms with Gasteiger partial charge in [-0.25, -0.2) is 22.9 Å². The third-order valence-corrected chi connectivity index (χ3v) is 5.76. The maximum atomic E-state index is 14.1. The number of hydrogen-bond donors (Lipinski definition) is 1. The molecule has 2 aromatic rings. The van der Waals surface area contributed by atoms with E-state index in [2.05, 4.69) is 4.99 Å². The average Bonchev–Trinajstić information content (AvgIpc) is 2.50. The molecule has 1 aliphatic rings. The summed E-state index contributed by atoms with van der Waals surface area (Å²) < 4.78 is 38.0. The summed E-state index contributed by atoms with van der Waals surface area (Å²) in [6.45, 7) is 3.46. The van der Waals surface area contributed by atoms with Gasteiger partial charge in [-0.1, -0.05) is 35.3 Å². The molecule has 2 N–H and O–H groups in total. The molecular formula is C18H18Cl2FN3O2S. The molecule has 3 rings (SSSR count). The molecule has 0 radical (unpaired) electrons. The molecule has 1 saturated heterocycles. The Hall–Kier alpha value is -1.67. The molecule has 0 aliphatic carbocycles. The van der Waals surface area contributed by atoms with Gasteiger partial charge in [-0.3, -0.25) is 0 Å². The SMILES string of the molecule is Cc1ccc(S(N)(=O)=O)c(/N=C(\c2c(Cl)cccc2Cl)N2CC(C)(F)C2)c1. The zero-order valence-corrected chi connectivity index (χ0v) is 17.0. The smallest absolute Gasteiger partial charge is 0.240 e. The summed E-state index contributed by atoms with van der Waals surface area (Å²) >= 11 is 12.6. The zero-order chi connectivity index (χ0) is 20.0. The van der Waals surface area contributed by atoms with E-state index in [1.807, 2.05) is 0 Å². The van der Waals surface area contributed by atoms with Gasteiger partial charge in [0.1, 0.15) is 16.4 Å². The maximum absolute atomic E-state index is 14.1. The van der Waals surface area contributed by atoms with Crippen LogP contribution < -0.4 is 5.14 Å². The Balaban J connectivity index is 2.23. The molecule has 27 heavy (non-hydrogen) atoms. The van der Waals surface area contributed by atoms with Crippen LogP contribution in [0.4, 0.5) is 10.1 Å². The van der Waals surface area contributed by atoms with Crippen LogP contribution in [0.2, 0.25) is 10.0 Å². The number of hydrogen-bond acceptors (Lipinski definition) is 3. The van der Waals surface area contributed by atoms with Crippen molar-refractivity contribution < 1.29 is 12.8 Å². The number of rotatable bonds is 3. The normalized spacial score (nSPS) is 17.0. The number of likely N-dealkylation sites (tertiary alicyclic amines) is 1. The molecule has 9 heteroatoms. The van der Waals surface area contributed by atoms with Crippen LogP contribution in [0, 0.1) is 6.92 Å². The summed E-state index contributed by atoms with van der Waals surface area (Å²) in [6.07, 6.45) is 0. The lowest BCUT2D eigenvalue weighted by molar-refractivity contribution is 0.0309. The first kappa shape index (κ1) is 20.1. The lowest BCUT2D eigenvalue weighted by Gasteiger charge is -2.44. The van der Waals surface area contributed by atoms with E-state index in [-0.39, 0.29) is 23.7 Å². The standard InChI is InChI=1S/C18H18Cl2FN3O2S/c1-11-6-7-15(27(22,25)26)14(8-11)23-17(24-9-18(2,21)10-24)16-12(19)4-3-5-13(16)20/h3-8H,9-10H2,1-2H3,(H2,22,25,26)/b23-17+. The third kappa shape index (κ3) is 4.27. The van der Waals surface area contributed by atoms with Crippen molar-refractivity contribution in [1.82, 2.24) is 4.90 Å². The van der Waals surface area contributed by atoms with Crippen molar-refractivity contribution in [2.45, 2.75) is 24.4 Å². The molecule has 0 spiro atoms. The highest BCUT2D eigenvalue weighted by Crippen LogP contribution is 2.34. The molecule has 1 aliphatic heterocycles. The number of primary sulfonamides is 1. The Labute approximate surface area is 167 Å². The van der Waals surface area contributed by atoms with Gasteiger partial charge in [0.05, 0.1) is 34.4 Å². The number of benzene rings is 2. The van der Waals surface area contributed by atoms with Crippen molar-refractivity contribution >= 4 is 44.7 Å². The number of nitrogens with two attached hydrogens (primary N) is 1. The second kappa shape index (κ2) is 7.05. The highest BCUT2D eigenvalue weighted by atomic mass is 35.5. The molecule has 0 bridgehead atoms. The molecule has 0 unspecified atom stereocenters. The van der Waals surface area contributed by atoms with Crippen molar-refractivity contribution in [3.63, 3.8) is 0 Å². The van der Waals surface area contributed by atoms with Crippen molar-refractivity contribution in [2.24, 2.45) is 10.1 Å². The topological polar surface area (TPSA) is 75.8 Å². The molecule has 2 aromatic carbocycles. The van der Waals surface area contributed by atoms with E-state index in [0.717, 1.165) is 5.56 Å². The summed E-state index contributed by atoms with van der Waals surface area (Å²) in [7, 11) is -4.00. The van der Waals surface area contributed by atoms with Gasteiger partial charge >= 0.3 is 0 Å². The largest absolute Gasteiger partial charge is 0.349 e. The Bertz CT molecular complexity index is 1010. The summed E-state index contributed by atoms with van der Waals surface area (Å²) in [6, 6.07) is 9.59. The van der Waals surface area contributed by atoms with Gasteiger partial charge in [0, 0.05) is 0 Å². The predicted molar refractivity (Wildman–Crippen MR) is 106 cm³/mol. The predicted octanol–water partition coefficient (Wildman–Crippen LogP) is 4.07. The van der Waals surface area contributed by atoms with E-state index >= 15 is 0 Å². The lowest BCUT2D eigenvalue weighted by atomic mass is 9.97. The minimum atomic E-state index is -4.00. The number of amidine groups is 1. The van der Waals surface area contributed by atoms with Crippen LogP contribution >= 0.6 is 23.2 Å². The fourth-order valence-corrected chi connectivity index (χ4v) is 4.19. The molecule has 5 nitrogen and oxygen atoms in total. The average molecular weight is 430 g/mol. The van der Waals surface area contributed by atoms with E-state index in [1.54, 1.807) is 42.2 Å². The Kier molecular flexibility index (Phi) is 5.24. The quantitative estimate of drug-likeness (QED) is 0.589. The first-order valence-electron chi connectivity index (χ1n) is 8.08. The fraction of sp³-hybridized carbons (Fsp3) is 0.278. The Morgan fingerprint density at radius 1 is 1.22 bits per heavy atom. The van der Waals surface area contributed by atoms with Crippen LogP contribution in [0.1, 0.15) is 18.1 Å². The van der Waals surface area contributed by atoms with Gasteiger partial charge in [0.15, 0.2) is 0 Å². The molecule has 1 heterocycles.